The highest BCUT2D eigenvalue weighted by Gasteiger charge is 2.46. The highest BCUT2D eigenvalue weighted by molar-refractivity contribution is 5.18. The van der Waals surface area contributed by atoms with Gasteiger partial charge in [0.1, 0.15) is 6.20 Å². The Balaban J connectivity index is 3.10. The molecule has 0 bridgehead atoms. The Hall–Kier alpha value is -1.20. The Kier molecular flexibility index (Phi) is 1.99. The van der Waals surface area contributed by atoms with Crippen LogP contribution < -0.4 is 5.06 Å². The fraction of sp³-hybridized carbons (Fsp3) is 0.429. The van der Waals surface area contributed by atoms with Gasteiger partial charge in [-0.25, -0.2) is 0 Å². The highest BCUT2D eigenvalue weighted by Crippen LogP contribution is 2.15. The van der Waals surface area contributed by atoms with Crippen LogP contribution in [-0.4, -0.2) is 10.6 Å². The molecule has 0 radical (unpaired) electrons. The first-order valence-electron chi connectivity index (χ1n) is 3.54. The van der Waals surface area contributed by atoms with Gasteiger partial charge in [-0.2, -0.15) is 0 Å². The second-order valence-electron chi connectivity index (χ2n) is 2.90. The maximum absolute atomic E-state index is 11.2. The van der Waals surface area contributed by atoms with E-state index in [1.165, 1.54) is 19.2 Å². The van der Waals surface area contributed by atoms with E-state index >= 15 is 0 Å². The number of allylic oxidation sites excluding steroid dienone is 2. The SMILES string of the molecule is CC1=CC=C[NH+]([O-])C1(C)[N+](=O)[O-]. The molecule has 12 heavy (non-hydrogen) atoms. The molecule has 0 aliphatic carbocycles. The van der Waals surface area contributed by atoms with Gasteiger partial charge in [0.05, 0.1) is 17.4 Å². The van der Waals surface area contributed by atoms with E-state index < -0.39 is 15.6 Å². The highest BCUT2D eigenvalue weighted by atomic mass is 16.7. The summed E-state index contributed by atoms with van der Waals surface area (Å²) < 4.78 is 0. The van der Waals surface area contributed by atoms with Gasteiger partial charge in [0.2, 0.25) is 0 Å². The molecule has 0 amide bonds. The van der Waals surface area contributed by atoms with Gasteiger partial charge in [-0.1, -0.05) is 0 Å². The van der Waals surface area contributed by atoms with Gasteiger partial charge in [0, 0.05) is 0 Å². The van der Waals surface area contributed by atoms with Crippen LogP contribution in [0.25, 0.3) is 0 Å². The lowest BCUT2D eigenvalue weighted by molar-refractivity contribution is -0.959. The molecular formula is C7H10N2O3. The van der Waals surface area contributed by atoms with Crippen LogP contribution in [-0.2, 0) is 0 Å². The molecule has 5 heteroatoms. The molecular weight excluding hydrogens is 160 g/mol. The van der Waals surface area contributed by atoms with Gasteiger partial charge >= 0.3 is 5.66 Å². The van der Waals surface area contributed by atoms with Crippen molar-refractivity contribution in [2.45, 2.75) is 19.5 Å². The van der Waals surface area contributed by atoms with Crippen molar-refractivity contribution in [3.63, 3.8) is 0 Å². The Bertz CT molecular complexity index is 272. The minimum atomic E-state index is -1.55. The van der Waals surface area contributed by atoms with Crippen LogP contribution in [0.5, 0.6) is 0 Å². The van der Waals surface area contributed by atoms with Crippen LogP contribution in [0, 0.1) is 15.3 Å². The molecule has 0 aromatic carbocycles. The molecule has 0 aromatic heterocycles. The van der Waals surface area contributed by atoms with Crippen LogP contribution in [0.15, 0.2) is 23.9 Å². The molecule has 0 aromatic rings. The molecule has 2 unspecified atom stereocenters. The van der Waals surface area contributed by atoms with Crippen molar-refractivity contribution in [3.05, 3.63) is 39.2 Å². The van der Waals surface area contributed by atoms with E-state index in [0.717, 1.165) is 0 Å². The summed E-state index contributed by atoms with van der Waals surface area (Å²) in [6, 6.07) is 0. The van der Waals surface area contributed by atoms with Gasteiger partial charge in [-0.3, -0.25) is 15.2 Å². The van der Waals surface area contributed by atoms with Crippen LogP contribution in [0.3, 0.4) is 0 Å². The first-order chi connectivity index (χ1) is 5.49. The summed E-state index contributed by atoms with van der Waals surface area (Å²) >= 11 is 0. The van der Waals surface area contributed by atoms with Gasteiger partial charge in [0.15, 0.2) is 0 Å². The van der Waals surface area contributed by atoms with Crippen molar-refractivity contribution >= 4 is 0 Å². The Morgan fingerprint density at radius 2 is 2.25 bits per heavy atom. The maximum Gasteiger partial charge on any atom is 0.366 e. The van der Waals surface area contributed by atoms with E-state index in [-0.39, 0.29) is 0 Å². The van der Waals surface area contributed by atoms with Gasteiger partial charge in [-0.15, -0.1) is 0 Å². The normalized spacial score (nSPS) is 34.6. The van der Waals surface area contributed by atoms with E-state index in [9.17, 15) is 15.3 Å². The summed E-state index contributed by atoms with van der Waals surface area (Å²) in [5.41, 5.74) is -1.07. The predicted molar refractivity (Wildman–Crippen MR) is 42.6 cm³/mol. The fourth-order valence-electron chi connectivity index (χ4n) is 1.03. The minimum Gasteiger partial charge on any atom is -0.624 e. The molecule has 1 N–H and O–H groups in total. The van der Waals surface area contributed by atoms with Gasteiger partial charge in [-0.05, 0) is 19.1 Å². The molecule has 5 nitrogen and oxygen atoms in total. The van der Waals surface area contributed by atoms with Crippen LogP contribution in [0.4, 0.5) is 0 Å². The maximum atomic E-state index is 11.2. The second-order valence-corrected chi connectivity index (χ2v) is 2.90. The molecule has 1 aliphatic heterocycles. The van der Waals surface area contributed by atoms with Crippen molar-refractivity contribution in [2.24, 2.45) is 0 Å². The second kappa shape index (κ2) is 2.69. The number of quaternary nitrogens is 1. The predicted octanol–water partition coefficient (Wildman–Crippen LogP) is -0.164. The average Bonchev–Trinajstić information content (AvgIpc) is 1.99. The van der Waals surface area contributed by atoms with Crippen molar-refractivity contribution < 1.29 is 9.99 Å². The van der Waals surface area contributed by atoms with Crippen LogP contribution in [0.2, 0.25) is 0 Å². The summed E-state index contributed by atoms with van der Waals surface area (Å²) in [5.74, 6) is 0. The largest absolute Gasteiger partial charge is 0.624 e. The molecule has 1 aliphatic rings. The lowest BCUT2D eigenvalue weighted by atomic mass is 10.0. The Morgan fingerprint density at radius 1 is 1.67 bits per heavy atom. The summed E-state index contributed by atoms with van der Waals surface area (Å²) in [5, 5.41) is 21.3. The number of nitro groups is 1. The van der Waals surface area contributed by atoms with E-state index in [1.807, 2.05) is 0 Å². The monoisotopic (exact) mass is 170 g/mol. The average molecular weight is 170 g/mol. The number of nitrogens with zero attached hydrogens (tertiary/aromatic N) is 1. The van der Waals surface area contributed by atoms with Crippen LogP contribution in [0.1, 0.15) is 13.8 Å². The van der Waals surface area contributed by atoms with Gasteiger partial charge in [0.25, 0.3) is 0 Å². The zero-order valence-electron chi connectivity index (χ0n) is 6.90. The lowest BCUT2D eigenvalue weighted by Crippen LogP contribution is -3.13. The van der Waals surface area contributed by atoms with E-state index in [0.29, 0.717) is 5.57 Å². The third kappa shape index (κ3) is 1.03. The molecule has 2 atom stereocenters. The third-order valence-electron chi connectivity index (χ3n) is 2.21. The molecule has 66 valence electrons. The minimum absolute atomic E-state index is 0.465. The summed E-state index contributed by atoms with van der Waals surface area (Å²) in [6.45, 7) is 2.91. The van der Waals surface area contributed by atoms with E-state index in [2.05, 4.69) is 0 Å². The fourth-order valence-corrected chi connectivity index (χ4v) is 1.03. The summed E-state index contributed by atoms with van der Waals surface area (Å²) in [7, 11) is 0. The topological polar surface area (TPSA) is 70.6 Å². The third-order valence-corrected chi connectivity index (χ3v) is 2.21. The Morgan fingerprint density at radius 3 is 2.58 bits per heavy atom. The number of hydrogen-bond donors (Lipinski definition) is 1. The van der Waals surface area contributed by atoms with Crippen molar-refractivity contribution in [1.82, 2.24) is 0 Å². The molecule has 0 fully saturated rings. The first kappa shape index (κ1) is 8.89. The number of nitrogens with one attached hydrogen (secondary N) is 1. The number of rotatable bonds is 1. The van der Waals surface area contributed by atoms with Crippen molar-refractivity contribution in [1.29, 1.82) is 0 Å². The zero-order valence-corrected chi connectivity index (χ0v) is 6.90. The Labute approximate surface area is 69.7 Å². The molecule has 0 saturated carbocycles. The number of hydrogen-bond acceptors (Lipinski definition) is 3. The first-order valence-corrected chi connectivity index (χ1v) is 3.54. The summed E-state index contributed by atoms with van der Waals surface area (Å²) in [4.78, 5) is 10.1. The molecule has 0 saturated heterocycles. The number of hydroxylamine groups is 2. The molecule has 0 spiro atoms. The van der Waals surface area contributed by atoms with Crippen LogP contribution >= 0.6 is 0 Å². The van der Waals surface area contributed by atoms with E-state index in [1.54, 1.807) is 13.0 Å². The lowest BCUT2D eigenvalue weighted by Gasteiger charge is -2.32. The molecule has 1 rings (SSSR count). The smallest absolute Gasteiger partial charge is 0.366 e. The summed E-state index contributed by atoms with van der Waals surface area (Å²) in [6.07, 6.45) is 4.35. The molecule has 1 heterocycles. The zero-order chi connectivity index (χ0) is 9.35. The standard InChI is InChI=1S/C7H10N2O3/c1-6-4-3-5-8(10)7(6,2)9(11)12/h3-5,8H,1-2H3. The quantitative estimate of drug-likeness (QED) is 0.337. The van der Waals surface area contributed by atoms with E-state index in [4.69, 9.17) is 0 Å². The van der Waals surface area contributed by atoms with Crippen molar-refractivity contribution in [3.8, 4) is 0 Å². The van der Waals surface area contributed by atoms with Crippen molar-refractivity contribution in [2.75, 3.05) is 0 Å². The van der Waals surface area contributed by atoms with Gasteiger partial charge < -0.3 is 5.21 Å².